The lowest BCUT2D eigenvalue weighted by Gasteiger charge is -2.38. The second-order valence-corrected chi connectivity index (χ2v) is 7.70. The number of hydrogen-bond donors (Lipinski definition) is 1. The summed E-state index contributed by atoms with van der Waals surface area (Å²) in [7, 11) is 1.59. The number of nitro benzene ring substituents is 1. The predicted octanol–water partition coefficient (Wildman–Crippen LogP) is 3.30. The topological polar surface area (TPSA) is 101 Å². The van der Waals surface area contributed by atoms with Gasteiger partial charge < -0.3 is 15.0 Å². The number of piperazine rings is 1. The van der Waals surface area contributed by atoms with Crippen molar-refractivity contribution >= 4 is 33.7 Å². The van der Waals surface area contributed by atoms with E-state index in [4.69, 9.17) is 4.74 Å². The van der Waals surface area contributed by atoms with Crippen molar-refractivity contribution in [3.63, 3.8) is 0 Å². The van der Waals surface area contributed by atoms with Gasteiger partial charge in [-0.2, -0.15) is 0 Å². The van der Waals surface area contributed by atoms with Crippen LogP contribution in [-0.4, -0.2) is 60.0 Å². The molecule has 32 heavy (non-hydrogen) atoms. The third-order valence-corrected chi connectivity index (χ3v) is 5.89. The van der Waals surface area contributed by atoms with E-state index in [2.05, 4.69) is 20.1 Å². The molecule has 1 aromatic heterocycles. The second kappa shape index (κ2) is 9.19. The molecule has 1 aliphatic rings. The number of non-ortho nitro benzene ring substituents is 1. The summed E-state index contributed by atoms with van der Waals surface area (Å²) in [6, 6.07) is 12.1. The first-order valence-corrected chi connectivity index (χ1v) is 10.4. The van der Waals surface area contributed by atoms with E-state index < -0.39 is 0 Å². The number of methoxy groups -OCH3 is 1. The van der Waals surface area contributed by atoms with E-state index in [1.807, 2.05) is 31.2 Å². The Morgan fingerprint density at radius 2 is 1.94 bits per heavy atom. The average molecular weight is 435 g/mol. The quantitative estimate of drug-likeness (QED) is 0.468. The summed E-state index contributed by atoms with van der Waals surface area (Å²) in [5.74, 6) is 0.619. The smallest absolute Gasteiger partial charge is 0.278 e. The highest BCUT2D eigenvalue weighted by Crippen LogP contribution is 2.33. The summed E-state index contributed by atoms with van der Waals surface area (Å²) in [6.45, 7) is 4.74. The maximum Gasteiger partial charge on any atom is 0.278 e. The summed E-state index contributed by atoms with van der Waals surface area (Å²) in [5.41, 5.74) is 1.70. The molecular weight excluding hydrogens is 410 g/mol. The summed E-state index contributed by atoms with van der Waals surface area (Å²) in [5, 5.41) is 15.7. The van der Waals surface area contributed by atoms with Gasteiger partial charge in [0.2, 0.25) is 5.91 Å². The van der Waals surface area contributed by atoms with Gasteiger partial charge in [0.05, 0.1) is 23.5 Å². The molecule has 1 amide bonds. The number of nitrogens with one attached hydrogen (secondary N) is 1. The van der Waals surface area contributed by atoms with Crippen molar-refractivity contribution in [2.45, 2.75) is 13.0 Å². The molecule has 1 fully saturated rings. The molecule has 0 spiro atoms. The van der Waals surface area contributed by atoms with Gasteiger partial charge in [-0.25, -0.2) is 0 Å². The molecule has 1 saturated heterocycles. The maximum absolute atomic E-state index is 12.8. The molecule has 1 aliphatic heterocycles. The zero-order chi connectivity index (χ0) is 22.7. The highest BCUT2D eigenvalue weighted by Gasteiger charge is 2.27. The van der Waals surface area contributed by atoms with Crippen molar-refractivity contribution in [3.05, 3.63) is 65.0 Å². The van der Waals surface area contributed by atoms with Crippen molar-refractivity contribution in [2.24, 2.45) is 0 Å². The Kier molecular flexibility index (Phi) is 6.18. The summed E-state index contributed by atoms with van der Waals surface area (Å²) < 4.78 is 5.21. The van der Waals surface area contributed by atoms with Gasteiger partial charge >= 0.3 is 0 Å². The minimum Gasteiger partial charge on any atom is -0.497 e. The lowest BCUT2D eigenvalue weighted by Crippen LogP contribution is -2.52. The monoisotopic (exact) mass is 435 g/mol. The van der Waals surface area contributed by atoms with E-state index >= 15 is 0 Å². The van der Waals surface area contributed by atoms with Crippen LogP contribution in [0.25, 0.3) is 10.8 Å². The van der Waals surface area contributed by atoms with Crippen LogP contribution in [0.5, 0.6) is 5.75 Å². The fourth-order valence-corrected chi connectivity index (χ4v) is 4.06. The molecule has 0 aliphatic carbocycles. The Morgan fingerprint density at radius 3 is 2.66 bits per heavy atom. The molecule has 9 nitrogen and oxygen atoms in total. The number of amides is 1. The lowest BCUT2D eigenvalue weighted by atomic mass is 10.1. The van der Waals surface area contributed by atoms with Crippen LogP contribution in [0.3, 0.4) is 0 Å². The Morgan fingerprint density at radius 1 is 1.16 bits per heavy atom. The molecule has 2 heterocycles. The molecule has 0 saturated carbocycles. The number of carbonyl (C=O) groups excluding carboxylic acids is 1. The van der Waals surface area contributed by atoms with Gasteiger partial charge in [-0.15, -0.1) is 0 Å². The Bertz CT molecular complexity index is 1140. The predicted molar refractivity (Wildman–Crippen MR) is 123 cm³/mol. The van der Waals surface area contributed by atoms with Crippen LogP contribution in [0.15, 0.2) is 54.9 Å². The van der Waals surface area contributed by atoms with Gasteiger partial charge in [-0.1, -0.05) is 6.07 Å². The number of carbonyl (C=O) groups is 1. The second-order valence-electron chi connectivity index (χ2n) is 7.70. The number of pyridine rings is 1. The van der Waals surface area contributed by atoms with Crippen molar-refractivity contribution in [1.82, 2.24) is 9.88 Å². The van der Waals surface area contributed by atoms with E-state index in [0.29, 0.717) is 43.0 Å². The lowest BCUT2D eigenvalue weighted by molar-refractivity contribution is -0.383. The van der Waals surface area contributed by atoms with Crippen LogP contribution in [0.2, 0.25) is 0 Å². The molecule has 166 valence electrons. The van der Waals surface area contributed by atoms with E-state index in [-0.39, 0.29) is 22.6 Å². The van der Waals surface area contributed by atoms with Crippen LogP contribution in [0, 0.1) is 10.1 Å². The zero-order valence-electron chi connectivity index (χ0n) is 18.0. The number of benzene rings is 2. The molecule has 0 bridgehead atoms. The van der Waals surface area contributed by atoms with Crippen LogP contribution >= 0.6 is 0 Å². The van der Waals surface area contributed by atoms with Crippen LogP contribution in [-0.2, 0) is 4.79 Å². The third kappa shape index (κ3) is 4.33. The number of fused-ring (bicyclic) bond motifs is 1. The van der Waals surface area contributed by atoms with Crippen LogP contribution in [0.4, 0.5) is 17.1 Å². The van der Waals surface area contributed by atoms with Crippen LogP contribution in [0.1, 0.15) is 6.92 Å². The summed E-state index contributed by atoms with van der Waals surface area (Å²) in [4.78, 5) is 32.1. The zero-order valence-corrected chi connectivity index (χ0v) is 18.0. The number of aromatic nitrogens is 1. The Labute approximate surface area is 185 Å². The van der Waals surface area contributed by atoms with Crippen LogP contribution < -0.4 is 15.0 Å². The van der Waals surface area contributed by atoms with Crippen molar-refractivity contribution in [3.8, 4) is 5.75 Å². The first-order chi connectivity index (χ1) is 15.5. The van der Waals surface area contributed by atoms with Crippen molar-refractivity contribution in [2.75, 3.05) is 43.5 Å². The maximum atomic E-state index is 12.8. The van der Waals surface area contributed by atoms with E-state index in [9.17, 15) is 14.9 Å². The van der Waals surface area contributed by atoms with E-state index in [0.717, 1.165) is 11.1 Å². The molecule has 1 unspecified atom stereocenters. The molecular formula is C23H25N5O4. The molecule has 9 heteroatoms. The van der Waals surface area contributed by atoms with Gasteiger partial charge in [0.1, 0.15) is 5.75 Å². The van der Waals surface area contributed by atoms with Gasteiger partial charge in [0.15, 0.2) is 0 Å². The summed E-state index contributed by atoms with van der Waals surface area (Å²) >= 11 is 0. The van der Waals surface area contributed by atoms with E-state index in [1.165, 1.54) is 12.3 Å². The number of nitrogens with zero attached hydrogens (tertiary/aromatic N) is 4. The highest BCUT2D eigenvalue weighted by molar-refractivity contribution is 5.99. The number of nitro groups is 1. The molecule has 3 aromatic rings. The number of ether oxygens (including phenoxy) is 1. The number of anilines is 2. The van der Waals surface area contributed by atoms with Gasteiger partial charge in [-0.05, 0) is 31.2 Å². The molecule has 2 aromatic carbocycles. The molecule has 4 rings (SSSR count). The van der Waals surface area contributed by atoms with Gasteiger partial charge in [0.25, 0.3) is 5.69 Å². The SMILES string of the molecule is COc1cccc(NC(=O)C(C)N2CCN(c3ccc([N+](=O)[O-])c4cnccc34)CC2)c1. The molecule has 1 atom stereocenters. The minimum atomic E-state index is -0.381. The third-order valence-electron chi connectivity index (χ3n) is 5.89. The standard InChI is InChI=1S/C23H25N5O4/c1-16(23(29)25-17-4-3-5-18(14-17)32-2)26-10-12-27(13-11-26)21-6-7-22(28(30)31)20-15-24-9-8-19(20)21/h3-9,14-16H,10-13H2,1-2H3,(H,25,29). The fraction of sp³-hybridized carbons (Fsp3) is 0.304. The first kappa shape index (κ1) is 21.5. The fourth-order valence-electron chi connectivity index (χ4n) is 4.06. The van der Waals surface area contributed by atoms with Crippen molar-refractivity contribution < 1.29 is 14.5 Å². The normalized spacial score (nSPS) is 15.4. The minimum absolute atomic E-state index is 0.0540. The number of hydrogen-bond acceptors (Lipinski definition) is 7. The van der Waals surface area contributed by atoms with E-state index in [1.54, 1.807) is 25.4 Å². The Hall–Kier alpha value is -3.72. The van der Waals surface area contributed by atoms with Crippen molar-refractivity contribution in [1.29, 1.82) is 0 Å². The molecule has 0 radical (unpaired) electrons. The largest absolute Gasteiger partial charge is 0.497 e. The highest BCUT2D eigenvalue weighted by atomic mass is 16.6. The number of rotatable bonds is 6. The summed E-state index contributed by atoms with van der Waals surface area (Å²) in [6.07, 6.45) is 3.19. The van der Waals surface area contributed by atoms with Gasteiger partial charge in [0, 0.05) is 67.5 Å². The average Bonchev–Trinajstić information content (AvgIpc) is 2.83. The van der Waals surface area contributed by atoms with Gasteiger partial charge in [-0.3, -0.25) is 24.8 Å². The first-order valence-electron chi connectivity index (χ1n) is 10.4. The Balaban J connectivity index is 1.43. The molecule has 1 N–H and O–H groups in total.